The first-order valence-electron chi connectivity index (χ1n) is 8.74. The van der Waals surface area contributed by atoms with Crippen LogP contribution in [0.5, 0.6) is 0 Å². The van der Waals surface area contributed by atoms with E-state index in [0.717, 1.165) is 42.3 Å². The lowest BCUT2D eigenvalue weighted by atomic mass is 9.94. The van der Waals surface area contributed by atoms with Gasteiger partial charge in [0.05, 0.1) is 0 Å². The summed E-state index contributed by atoms with van der Waals surface area (Å²) in [5, 5.41) is 0.941. The fraction of sp³-hybridized carbons (Fsp3) is 0.286. The Morgan fingerprint density at radius 3 is 2.68 bits per heavy atom. The van der Waals surface area contributed by atoms with Gasteiger partial charge < -0.3 is 9.32 Å². The molecule has 4 heteroatoms. The number of carbonyl (C=O) groups is 1. The van der Waals surface area contributed by atoms with Gasteiger partial charge in [0, 0.05) is 24.4 Å². The van der Waals surface area contributed by atoms with E-state index in [1.165, 1.54) is 12.1 Å². The van der Waals surface area contributed by atoms with E-state index in [1.54, 1.807) is 0 Å². The first-order chi connectivity index (χ1) is 12.2. The molecule has 2 aromatic carbocycles. The first-order valence-corrected chi connectivity index (χ1v) is 8.74. The Morgan fingerprint density at radius 1 is 1.08 bits per heavy atom. The van der Waals surface area contributed by atoms with Crippen molar-refractivity contribution in [2.75, 3.05) is 13.1 Å². The van der Waals surface area contributed by atoms with E-state index in [1.807, 2.05) is 47.4 Å². The Bertz CT molecular complexity index is 851. The summed E-state index contributed by atoms with van der Waals surface area (Å²) in [5.41, 5.74) is 1.82. The predicted molar refractivity (Wildman–Crippen MR) is 95.1 cm³/mol. The highest BCUT2D eigenvalue weighted by atomic mass is 19.1. The van der Waals surface area contributed by atoms with Crippen molar-refractivity contribution in [1.82, 2.24) is 4.90 Å². The number of hydrogen-bond donors (Lipinski definition) is 0. The van der Waals surface area contributed by atoms with E-state index in [2.05, 4.69) is 0 Å². The summed E-state index contributed by atoms with van der Waals surface area (Å²) < 4.78 is 18.9. The van der Waals surface area contributed by atoms with Crippen molar-refractivity contribution in [3.8, 4) is 0 Å². The van der Waals surface area contributed by atoms with Crippen LogP contribution in [-0.2, 0) is 0 Å². The van der Waals surface area contributed by atoms with Gasteiger partial charge in [-0.25, -0.2) is 4.39 Å². The number of amides is 1. The van der Waals surface area contributed by atoms with Crippen molar-refractivity contribution in [3.63, 3.8) is 0 Å². The first kappa shape index (κ1) is 15.9. The van der Waals surface area contributed by atoms with E-state index in [0.29, 0.717) is 12.3 Å². The second-order valence-electron chi connectivity index (χ2n) is 6.64. The van der Waals surface area contributed by atoms with Crippen LogP contribution in [0.4, 0.5) is 4.39 Å². The van der Waals surface area contributed by atoms with Crippen molar-refractivity contribution in [3.05, 3.63) is 71.7 Å². The zero-order valence-electron chi connectivity index (χ0n) is 14.0. The smallest absolute Gasteiger partial charge is 0.289 e. The number of fused-ring (bicyclic) bond motifs is 1. The Hall–Kier alpha value is -2.62. The highest BCUT2D eigenvalue weighted by molar-refractivity contribution is 5.96. The maximum atomic E-state index is 13.2. The van der Waals surface area contributed by atoms with E-state index in [-0.39, 0.29) is 17.6 Å². The van der Waals surface area contributed by atoms with E-state index < -0.39 is 0 Å². The molecule has 3 aromatic rings. The largest absolute Gasteiger partial charge is 0.451 e. The van der Waals surface area contributed by atoms with Crippen molar-refractivity contribution in [2.24, 2.45) is 0 Å². The highest BCUT2D eigenvalue weighted by Crippen LogP contribution is 2.28. The van der Waals surface area contributed by atoms with Crippen LogP contribution in [0.2, 0.25) is 0 Å². The minimum atomic E-state index is -0.229. The number of hydrogen-bond acceptors (Lipinski definition) is 2. The molecule has 1 saturated heterocycles. The summed E-state index contributed by atoms with van der Waals surface area (Å²) >= 11 is 0. The molecular formula is C21H20FNO2. The number of para-hydroxylation sites is 1. The van der Waals surface area contributed by atoms with Gasteiger partial charge in [-0.2, -0.15) is 0 Å². The Balaban J connectivity index is 1.57. The molecule has 1 aliphatic rings. The summed E-state index contributed by atoms with van der Waals surface area (Å²) in [7, 11) is 0. The van der Waals surface area contributed by atoms with Crippen LogP contribution in [0.3, 0.4) is 0 Å². The molecule has 4 rings (SSSR count). The number of halogens is 1. The quantitative estimate of drug-likeness (QED) is 0.661. The topological polar surface area (TPSA) is 33.5 Å². The van der Waals surface area contributed by atoms with Crippen LogP contribution in [-0.4, -0.2) is 23.9 Å². The summed E-state index contributed by atoms with van der Waals surface area (Å²) in [6.07, 6.45) is 3.05. The monoisotopic (exact) mass is 337 g/mol. The van der Waals surface area contributed by atoms with E-state index in [4.69, 9.17) is 4.42 Å². The molecule has 0 saturated carbocycles. The van der Waals surface area contributed by atoms with Gasteiger partial charge >= 0.3 is 0 Å². The van der Waals surface area contributed by atoms with Crippen LogP contribution in [0, 0.1) is 5.82 Å². The molecular weight excluding hydrogens is 317 g/mol. The number of carbonyl (C=O) groups excluding carboxylic acids is 1. The average molecular weight is 337 g/mol. The SMILES string of the molecule is O=C(c1cc2ccccc2o1)N1CCCCC(c2ccc(F)cc2)C1. The minimum Gasteiger partial charge on any atom is -0.451 e. The fourth-order valence-corrected chi connectivity index (χ4v) is 3.58. The van der Waals surface area contributed by atoms with E-state index >= 15 is 0 Å². The zero-order chi connectivity index (χ0) is 17.2. The molecule has 25 heavy (non-hydrogen) atoms. The van der Waals surface area contributed by atoms with Gasteiger partial charge in [0.2, 0.25) is 0 Å². The molecule has 0 spiro atoms. The van der Waals surface area contributed by atoms with Crippen molar-refractivity contribution < 1.29 is 13.6 Å². The van der Waals surface area contributed by atoms with E-state index in [9.17, 15) is 9.18 Å². The average Bonchev–Trinajstić information content (AvgIpc) is 2.92. The predicted octanol–water partition coefficient (Wildman–Crippen LogP) is 4.98. The lowest BCUT2D eigenvalue weighted by Gasteiger charge is -2.24. The fourth-order valence-electron chi connectivity index (χ4n) is 3.58. The number of likely N-dealkylation sites (tertiary alicyclic amines) is 1. The van der Waals surface area contributed by atoms with Gasteiger partial charge in [-0.05, 0) is 42.7 Å². The normalized spacial score (nSPS) is 18.3. The third-order valence-electron chi connectivity index (χ3n) is 4.94. The molecule has 0 radical (unpaired) electrons. The maximum absolute atomic E-state index is 13.2. The summed E-state index contributed by atoms with van der Waals surface area (Å²) in [6, 6.07) is 16.1. The van der Waals surface area contributed by atoms with Gasteiger partial charge in [0.25, 0.3) is 5.91 Å². The standard InChI is InChI=1S/C21H20FNO2/c22-18-10-8-15(9-11-18)17-6-3-4-12-23(14-17)21(24)20-13-16-5-1-2-7-19(16)25-20/h1-2,5,7-11,13,17H,3-4,6,12,14H2. The lowest BCUT2D eigenvalue weighted by molar-refractivity contribution is 0.0725. The molecule has 0 bridgehead atoms. The van der Waals surface area contributed by atoms with Crippen LogP contribution in [0.15, 0.2) is 59.0 Å². The van der Waals surface area contributed by atoms with Crippen molar-refractivity contribution >= 4 is 16.9 Å². The molecule has 0 N–H and O–H groups in total. The van der Waals surface area contributed by atoms with Crippen molar-refractivity contribution in [1.29, 1.82) is 0 Å². The van der Waals surface area contributed by atoms with Crippen LogP contribution < -0.4 is 0 Å². The van der Waals surface area contributed by atoms with Crippen LogP contribution in [0.1, 0.15) is 41.3 Å². The number of benzene rings is 2. The zero-order valence-corrected chi connectivity index (χ0v) is 14.0. The molecule has 0 aliphatic carbocycles. The third-order valence-corrected chi connectivity index (χ3v) is 4.94. The molecule has 1 atom stereocenters. The second kappa shape index (κ2) is 6.71. The van der Waals surface area contributed by atoms with Gasteiger partial charge in [-0.3, -0.25) is 4.79 Å². The Morgan fingerprint density at radius 2 is 1.88 bits per heavy atom. The summed E-state index contributed by atoms with van der Waals surface area (Å²) in [5.74, 6) is 0.329. The number of rotatable bonds is 2. The molecule has 3 nitrogen and oxygen atoms in total. The molecule has 128 valence electrons. The molecule has 1 unspecified atom stereocenters. The minimum absolute atomic E-state index is 0.0646. The van der Waals surface area contributed by atoms with Crippen LogP contribution >= 0.6 is 0 Å². The van der Waals surface area contributed by atoms with Crippen LogP contribution in [0.25, 0.3) is 11.0 Å². The lowest BCUT2D eigenvalue weighted by Crippen LogP contribution is -2.33. The molecule has 1 aliphatic heterocycles. The summed E-state index contributed by atoms with van der Waals surface area (Å²) in [4.78, 5) is 14.8. The number of furan rings is 1. The highest BCUT2D eigenvalue weighted by Gasteiger charge is 2.26. The van der Waals surface area contributed by atoms with Gasteiger partial charge in [-0.1, -0.05) is 36.8 Å². The van der Waals surface area contributed by atoms with Gasteiger partial charge in [0.15, 0.2) is 5.76 Å². The maximum Gasteiger partial charge on any atom is 0.289 e. The second-order valence-corrected chi connectivity index (χ2v) is 6.64. The molecule has 1 fully saturated rings. The van der Waals surface area contributed by atoms with Crippen molar-refractivity contribution in [2.45, 2.75) is 25.2 Å². The Labute approximate surface area is 146 Å². The number of nitrogens with zero attached hydrogens (tertiary/aromatic N) is 1. The molecule has 2 heterocycles. The Kier molecular flexibility index (Phi) is 4.26. The third kappa shape index (κ3) is 3.29. The van der Waals surface area contributed by atoms with Gasteiger partial charge in [-0.15, -0.1) is 0 Å². The summed E-state index contributed by atoms with van der Waals surface area (Å²) in [6.45, 7) is 1.37. The molecule has 1 amide bonds. The molecule has 1 aromatic heterocycles. The van der Waals surface area contributed by atoms with Gasteiger partial charge in [0.1, 0.15) is 11.4 Å².